The molecule has 0 unspecified atom stereocenters. The summed E-state index contributed by atoms with van der Waals surface area (Å²) in [6.07, 6.45) is 1.74. The molecule has 28 heavy (non-hydrogen) atoms. The predicted octanol–water partition coefficient (Wildman–Crippen LogP) is 2.11. The summed E-state index contributed by atoms with van der Waals surface area (Å²) in [5, 5.41) is 7.69. The van der Waals surface area contributed by atoms with Gasteiger partial charge in [0.15, 0.2) is 5.13 Å². The molecule has 0 bridgehead atoms. The van der Waals surface area contributed by atoms with Crippen LogP contribution in [0.25, 0.3) is 11.3 Å². The lowest BCUT2D eigenvalue weighted by atomic mass is 10.1. The zero-order valence-electron chi connectivity index (χ0n) is 15.4. The standard InChI is InChI=1S/C18H19N5O3S2/c1-22-15(10-14(21-22)12-6-4-3-5-7-12)17(24)20-18-19-13-8-9-23(28(2,25)26)11-16(13)27-18/h3-7,10H,8-9,11H2,1-2H3,(H,19,20,24). The number of amides is 1. The van der Waals surface area contributed by atoms with Gasteiger partial charge in [-0.25, -0.2) is 13.4 Å². The number of fused-ring (bicyclic) bond motifs is 1. The van der Waals surface area contributed by atoms with Gasteiger partial charge in [-0.15, -0.1) is 11.3 Å². The van der Waals surface area contributed by atoms with Crippen molar-refractivity contribution in [2.45, 2.75) is 13.0 Å². The molecule has 3 heterocycles. The van der Waals surface area contributed by atoms with Crippen molar-refractivity contribution >= 4 is 32.4 Å². The van der Waals surface area contributed by atoms with Gasteiger partial charge in [-0.3, -0.25) is 14.8 Å². The Balaban J connectivity index is 1.53. The minimum absolute atomic E-state index is 0.297. The Kier molecular flexibility index (Phi) is 4.77. The Morgan fingerprint density at radius 3 is 2.71 bits per heavy atom. The van der Waals surface area contributed by atoms with Gasteiger partial charge < -0.3 is 0 Å². The topological polar surface area (TPSA) is 97.2 Å². The minimum Gasteiger partial charge on any atom is -0.296 e. The van der Waals surface area contributed by atoms with Gasteiger partial charge in [-0.1, -0.05) is 30.3 Å². The molecule has 0 saturated heterocycles. The lowest BCUT2D eigenvalue weighted by Crippen LogP contribution is -2.34. The van der Waals surface area contributed by atoms with Crippen LogP contribution in [0.2, 0.25) is 0 Å². The Bertz CT molecular complexity index is 1140. The average molecular weight is 418 g/mol. The molecular weight excluding hydrogens is 398 g/mol. The molecule has 1 aliphatic heterocycles. The third-order valence-corrected chi connectivity index (χ3v) is 6.82. The first-order chi connectivity index (χ1) is 13.3. The second-order valence-corrected chi connectivity index (χ2v) is 9.66. The monoisotopic (exact) mass is 417 g/mol. The largest absolute Gasteiger partial charge is 0.296 e. The fourth-order valence-corrected chi connectivity index (χ4v) is 4.99. The smallest absolute Gasteiger partial charge is 0.275 e. The van der Waals surface area contributed by atoms with Gasteiger partial charge in [-0.05, 0) is 6.07 Å². The van der Waals surface area contributed by atoms with Gasteiger partial charge in [0.1, 0.15) is 5.69 Å². The van der Waals surface area contributed by atoms with Crippen molar-refractivity contribution in [3.8, 4) is 11.3 Å². The summed E-state index contributed by atoms with van der Waals surface area (Å²) in [5.74, 6) is -0.303. The lowest BCUT2D eigenvalue weighted by molar-refractivity contribution is 0.101. The maximum absolute atomic E-state index is 12.7. The highest BCUT2D eigenvalue weighted by atomic mass is 32.2. The number of benzene rings is 1. The molecule has 10 heteroatoms. The molecular formula is C18H19N5O3S2. The highest BCUT2D eigenvalue weighted by Gasteiger charge is 2.27. The quantitative estimate of drug-likeness (QED) is 0.701. The van der Waals surface area contributed by atoms with Crippen molar-refractivity contribution in [1.82, 2.24) is 19.1 Å². The van der Waals surface area contributed by atoms with Crippen molar-refractivity contribution in [3.63, 3.8) is 0 Å². The number of carbonyl (C=O) groups is 1. The first kappa shape index (κ1) is 18.8. The Morgan fingerprint density at radius 2 is 2.00 bits per heavy atom. The summed E-state index contributed by atoms with van der Waals surface area (Å²) in [5.41, 5.74) is 2.91. The molecule has 1 aliphatic rings. The molecule has 4 rings (SSSR count). The number of thiazole rings is 1. The summed E-state index contributed by atoms with van der Waals surface area (Å²) in [6, 6.07) is 11.4. The van der Waals surface area contributed by atoms with E-state index in [9.17, 15) is 13.2 Å². The zero-order valence-corrected chi connectivity index (χ0v) is 17.0. The van der Waals surface area contributed by atoms with Crippen molar-refractivity contribution in [2.24, 2.45) is 7.05 Å². The van der Waals surface area contributed by atoms with Crippen LogP contribution in [0.1, 0.15) is 21.1 Å². The highest BCUT2D eigenvalue weighted by Crippen LogP contribution is 2.29. The Labute approximate surface area is 166 Å². The SMILES string of the molecule is Cn1nc(-c2ccccc2)cc1C(=O)Nc1nc2c(s1)CN(S(C)(=O)=O)CC2. The van der Waals surface area contributed by atoms with Gasteiger partial charge in [0.2, 0.25) is 10.0 Å². The lowest BCUT2D eigenvalue weighted by Gasteiger charge is -2.23. The molecule has 0 fully saturated rings. The van der Waals surface area contributed by atoms with E-state index in [1.165, 1.54) is 26.6 Å². The van der Waals surface area contributed by atoms with Crippen LogP contribution in [0.15, 0.2) is 36.4 Å². The van der Waals surface area contributed by atoms with Crippen LogP contribution < -0.4 is 5.32 Å². The van der Waals surface area contributed by atoms with E-state index >= 15 is 0 Å². The van der Waals surface area contributed by atoms with Crippen LogP contribution in [0.4, 0.5) is 5.13 Å². The summed E-state index contributed by atoms with van der Waals surface area (Å²) in [4.78, 5) is 18.0. The zero-order chi connectivity index (χ0) is 19.9. The Hall–Kier alpha value is -2.56. The molecule has 1 N–H and O–H groups in total. The number of carbonyl (C=O) groups excluding carboxylic acids is 1. The van der Waals surface area contributed by atoms with Crippen LogP contribution in [0.5, 0.6) is 0 Å². The molecule has 3 aromatic rings. The number of aromatic nitrogens is 3. The maximum atomic E-state index is 12.7. The fraction of sp³-hybridized carbons (Fsp3) is 0.278. The van der Waals surface area contributed by atoms with Crippen LogP contribution >= 0.6 is 11.3 Å². The van der Waals surface area contributed by atoms with Crippen molar-refractivity contribution in [3.05, 3.63) is 52.7 Å². The van der Waals surface area contributed by atoms with Crippen LogP contribution in [0.3, 0.4) is 0 Å². The van der Waals surface area contributed by atoms with Crippen molar-refractivity contribution in [1.29, 1.82) is 0 Å². The van der Waals surface area contributed by atoms with Gasteiger partial charge in [-0.2, -0.15) is 9.40 Å². The molecule has 0 atom stereocenters. The number of nitrogens with zero attached hydrogens (tertiary/aromatic N) is 4. The van der Waals surface area contributed by atoms with Gasteiger partial charge >= 0.3 is 0 Å². The number of hydrogen-bond acceptors (Lipinski definition) is 6. The first-order valence-electron chi connectivity index (χ1n) is 8.66. The third-order valence-electron chi connectivity index (χ3n) is 4.57. The summed E-state index contributed by atoms with van der Waals surface area (Å²) >= 11 is 1.31. The maximum Gasteiger partial charge on any atom is 0.275 e. The molecule has 0 spiro atoms. The minimum atomic E-state index is -3.24. The Morgan fingerprint density at radius 1 is 1.25 bits per heavy atom. The number of nitrogens with one attached hydrogen (secondary N) is 1. The molecule has 0 aliphatic carbocycles. The third kappa shape index (κ3) is 3.71. The van der Waals surface area contributed by atoms with Gasteiger partial charge in [0.25, 0.3) is 5.91 Å². The van der Waals surface area contributed by atoms with Gasteiger partial charge in [0, 0.05) is 37.0 Å². The number of sulfonamides is 1. The van der Waals surface area contributed by atoms with Crippen molar-refractivity contribution in [2.75, 3.05) is 18.1 Å². The van der Waals surface area contributed by atoms with E-state index in [2.05, 4.69) is 15.4 Å². The molecule has 2 aromatic heterocycles. The molecule has 1 aromatic carbocycles. The van der Waals surface area contributed by atoms with Crippen LogP contribution in [0, 0.1) is 0 Å². The predicted molar refractivity (Wildman–Crippen MR) is 108 cm³/mol. The van der Waals surface area contributed by atoms with Crippen molar-refractivity contribution < 1.29 is 13.2 Å². The van der Waals surface area contributed by atoms with E-state index in [1.54, 1.807) is 13.1 Å². The molecule has 146 valence electrons. The number of anilines is 1. The second kappa shape index (κ2) is 7.12. The molecule has 0 saturated carbocycles. The highest BCUT2D eigenvalue weighted by molar-refractivity contribution is 7.88. The molecule has 8 nitrogen and oxygen atoms in total. The van der Waals surface area contributed by atoms with Crippen LogP contribution in [-0.2, 0) is 30.0 Å². The molecule has 1 amide bonds. The fourth-order valence-electron chi connectivity index (χ4n) is 3.10. The van der Waals surface area contributed by atoms with E-state index in [4.69, 9.17) is 0 Å². The second-order valence-electron chi connectivity index (χ2n) is 6.59. The van der Waals surface area contributed by atoms with E-state index in [0.717, 1.165) is 21.8 Å². The summed E-state index contributed by atoms with van der Waals surface area (Å²) < 4.78 is 26.5. The van der Waals surface area contributed by atoms with E-state index in [-0.39, 0.29) is 5.91 Å². The molecule has 0 radical (unpaired) electrons. The number of aryl methyl sites for hydroxylation is 1. The summed E-state index contributed by atoms with van der Waals surface area (Å²) in [7, 11) is -1.52. The average Bonchev–Trinajstić information content (AvgIpc) is 3.23. The first-order valence-corrected chi connectivity index (χ1v) is 11.3. The van der Waals surface area contributed by atoms with E-state index in [0.29, 0.717) is 30.3 Å². The number of hydrogen-bond donors (Lipinski definition) is 1. The van der Waals surface area contributed by atoms with E-state index < -0.39 is 10.0 Å². The number of rotatable bonds is 4. The van der Waals surface area contributed by atoms with Crippen LogP contribution in [-0.4, -0.2) is 46.2 Å². The summed E-state index contributed by atoms with van der Waals surface area (Å²) in [6.45, 7) is 0.705. The van der Waals surface area contributed by atoms with Gasteiger partial charge in [0.05, 0.1) is 17.6 Å². The van der Waals surface area contributed by atoms with E-state index in [1.807, 2.05) is 30.3 Å². The normalized spacial score (nSPS) is 14.6.